The maximum absolute atomic E-state index is 4.27. The van der Waals surface area contributed by atoms with Gasteiger partial charge in [-0.3, -0.25) is 4.99 Å². The number of aliphatic imine (C=N–C) groups is 1. The van der Waals surface area contributed by atoms with Gasteiger partial charge in [0.25, 0.3) is 0 Å². The summed E-state index contributed by atoms with van der Waals surface area (Å²) >= 11 is 0. The van der Waals surface area contributed by atoms with Gasteiger partial charge in [0.15, 0.2) is 5.96 Å². The molecule has 5 heteroatoms. The van der Waals surface area contributed by atoms with E-state index < -0.39 is 0 Å². The minimum Gasteiger partial charge on any atom is -0.356 e. The van der Waals surface area contributed by atoms with Crippen LogP contribution in [0.1, 0.15) is 25.7 Å². The van der Waals surface area contributed by atoms with Crippen molar-refractivity contribution in [2.45, 2.75) is 25.7 Å². The van der Waals surface area contributed by atoms with E-state index in [0.717, 1.165) is 30.9 Å². The second kappa shape index (κ2) is 8.19. The minimum atomic E-state index is 0. The van der Waals surface area contributed by atoms with Gasteiger partial charge < -0.3 is 15.5 Å². The lowest BCUT2D eigenvalue weighted by Gasteiger charge is -2.30. The minimum absolute atomic E-state index is 0. The molecule has 0 bridgehead atoms. The fraction of sp³-hybridized carbons (Fsp3) is 0.923. The number of nitrogens with zero attached hydrogens (tertiary/aromatic N) is 2. The summed E-state index contributed by atoms with van der Waals surface area (Å²) in [4.78, 5) is 6.70. The van der Waals surface area contributed by atoms with Gasteiger partial charge in [-0.05, 0) is 51.1 Å². The summed E-state index contributed by atoms with van der Waals surface area (Å²) in [5, 5.41) is 6.86. The molecular formula is C13H27IN4. The van der Waals surface area contributed by atoms with E-state index in [4.69, 9.17) is 0 Å². The maximum atomic E-state index is 4.27. The lowest BCUT2D eigenvalue weighted by atomic mass is 9.99. The second-order valence-corrected chi connectivity index (χ2v) is 5.55. The van der Waals surface area contributed by atoms with E-state index in [0.29, 0.717) is 0 Å². The highest BCUT2D eigenvalue weighted by Crippen LogP contribution is 2.27. The van der Waals surface area contributed by atoms with Crippen molar-refractivity contribution in [2.75, 3.05) is 40.3 Å². The highest BCUT2D eigenvalue weighted by atomic mass is 127. The third kappa shape index (κ3) is 5.73. The van der Waals surface area contributed by atoms with Crippen molar-refractivity contribution in [3.05, 3.63) is 0 Å². The van der Waals surface area contributed by atoms with Crippen LogP contribution in [0.3, 0.4) is 0 Å². The monoisotopic (exact) mass is 366 g/mol. The number of hydrogen-bond donors (Lipinski definition) is 2. The molecule has 1 heterocycles. The summed E-state index contributed by atoms with van der Waals surface area (Å²) in [5.74, 6) is 2.65. The molecule has 1 aliphatic carbocycles. The van der Waals surface area contributed by atoms with Crippen LogP contribution in [0.25, 0.3) is 0 Å². The van der Waals surface area contributed by atoms with Gasteiger partial charge in [-0.1, -0.05) is 0 Å². The van der Waals surface area contributed by atoms with Crippen LogP contribution in [-0.4, -0.2) is 51.1 Å². The molecule has 18 heavy (non-hydrogen) atoms. The van der Waals surface area contributed by atoms with Crippen molar-refractivity contribution >= 4 is 29.9 Å². The van der Waals surface area contributed by atoms with Crippen LogP contribution in [0.2, 0.25) is 0 Å². The van der Waals surface area contributed by atoms with Crippen molar-refractivity contribution < 1.29 is 0 Å². The van der Waals surface area contributed by atoms with E-state index in [1.165, 1.54) is 38.8 Å². The summed E-state index contributed by atoms with van der Waals surface area (Å²) in [6.07, 6.45) is 5.45. The Morgan fingerprint density at radius 3 is 2.39 bits per heavy atom. The lowest BCUT2D eigenvalue weighted by molar-refractivity contribution is 0.210. The van der Waals surface area contributed by atoms with E-state index >= 15 is 0 Å². The number of nitrogens with one attached hydrogen (secondary N) is 2. The zero-order valence-corrected chi connectivity index (χ0v) is 13.9. The fourth-order valence-electron chi connectivity index (χ4n) is 2.46. The molecule has 1 unspecified atom stereocenters. The Balaban J connectivity index is 0.00000162. The van der Waals surface area contributed by atoms with Crippen LogP contribution in [-0.2, 0) is 0 Å². The summed E-state index contributed by atoms with van der Waals surface area (Å²) in [7, 11) is 4.07. The zero-order valence-electron chi connectivity index (χ0n) is 11.6. The number of hydrogen-bond acceptors (Lipinski definition) is 2. The summed E-state index contributed by atoms with van der Waals surface area (Å²) in [6, 6.07) is 0. The summed E-state index contributed by atoms with van der Waals surface area (Å²) in [5.41, 5.74) is 0. The van der Waals surface area contributed by atoms with Crippen molar-refractivity contribution in [1.29, 1.82) is 0 Å². The lowest BCUT2D eigenvalue weighted by Crippen LogP contribution is -2.44. The van der Waals surface area contributed by atoms with Gasteiger partial charge in [-0.15, -0.1) is 24.0 Å². The highest BCUT2D eigenvalue weighted by molar-refractivity contribution is 14.0. The Morgan fingerprint density at radius 2 is 1.83 bits per heavy atom. The molecule has 2 aliphatic rings. The summed E-state index contributed by atoms with van der Waals surface area (Å²) in [6.45, 7) is 4.61. The molecule has 106 valence electrons. The molecule has 1 saturated heterocycles. The van der Waals surface area contributed by atoms with E-state index in [1.807, 2.05) is 7.05 Å². The van der Waals surface area contributed by atoms with Crippen molar-refractivity contribution in [1.82, 2.24) is 15.5 Å². The molecule has 2 fully saturated rings. The van der Waals surface area contributed by atoms with Crippen LogP contribution in [0.5, 0.6) is 0 Å². The number of guanidine groups is 1. The number of likely N-dealkylation sites (tertiary alicyclic amines) is 1. The standard InChI is InChI=1S/C13H26N4.HI/c1-14-13(15-8-11-5-6-11)16-9-12-4-3-7-17(2)10-12;/h11-12H,3-10H2,1-2H3,(H2,14,15,16);1H. The zero-order chi connectivity index (χ0) is 12.1. The van der Waals surface area contributed by atoms with Gasteiger partial charge in [0.1, 0.15) is 0 Å². The molecular weight excluding hydrogens is 339 g/mol. The first-order valence-electron chi connectivity index (χ1n) is 6.91. The fourth-order valence-corrected chi connectivity index (χ4v) is 2.46. The Labute approximate surface area is 128 Å². The maximum Gasteiger partial charge on any atom is 0.190 e. The van der Waals surface area contributed by atoms with Gasteiger partial charge in [-0.2, -0.15) is 0 Å². The Morgan fingerprint density at radius 1 is 1.17 bits per heavy atom. The molecule has 0 aromatic carbocycles. The predicted octanol–water partition coefficient (Wildman–Crippen LogP) is 1.52. The third-order valence-electron chi connectivity index (χ3n) is 3.76. The van der Waals surface area contributed by atoms with Crippen molar-refractivity contribution in [3.63, 3.8) is 0 Å². The van der Waals surface area contributed by atoms with Gasteiger partial charge in [0.2, 0.25) is 0 Å². The molecule has 0 radical (unpaired) electrons. The molecule has 0 amide bonds. The molecule has 1 aliphatic heterocycles. The van der Waals surface area contributed by atoms with Gasteiger partial charge in [-0.25, -0.2) is 0 Å². The molecule has 1 saturated carbocycles. The summed E-state index contributed by atoms with van der Waals surface area (Å²) < 4.78 is 0. The van der Waals surface area contributed by atoms with E-state index in [1.54, 1.807) is 0 Å². The number of rotatable bonds is 4. The van der Waals surface area contributed by atoms with Gasteiger partial charge in [0.05, 0.1) is 0 Å². The van der Waals surface area contributed by atoms with Crippen LogP contribution in [0.4, 0.5) is 0 Å². The average molecular weight is 366 g/mol. The van der Waals surface area contributed by atoms with Crippen molar-refractivity contribution in [3.8, 4) is 0 Å². The van der Waals surface area contributed by atoms with Crippen molar-refractivity contribution in [2.24, 2.45) is 16.8 Å². The van der Waals surface area contributed by atoms with Crippen LogP contribution in [0, 0.1) is 11.8 Å². The molecule has 1 atom stereocenters. The normalized spacial score (nSPS) is 25.4. The second-order valence-electron chi connectivity index (χ2n) is 5.55. The molecule has 0 aromatic rings. The topological polar surface area (TPSA) is 39.7 Å². The van der Waals surface area contributed by atoms with E-state index in [2.05, 4.69) is 27.6 Å². The first kappa shape index (κ1) is 16.0. The first-order chi connectivity index (χ1) is 8.28. The SMILES string of the molecule is CN=C(NCC1CC1)NCC1CCCN(C)C1.I. The molecule has 0 spiro atoms. The smallest absolute Gasteiger partial charge is 0.190 e. The molecule has 0 aromatic heterocycles. The third-order valence-corrected chi connectivity index (χ3v) is 3.76. The van der Waals surface area contributed by atoms with Crippen LogP contribution in [0.15, 0.2) is 4.99 Å². The number of halogens is 1. The van der Waals surface area contributed by atoms with E-state index in [9.17, 15) is 0 Å². The average Bonchev–Trinajstić information content (AvgIpc) is 3.13. The first-order valence-corrected chi connectivity index (χ1v) is 6.91. The predicted molar refractivity (Wildman–Crippen MR) is 87.7 cm³/mol. The Kier molecular flexibility index (Phi) is 7.29. The quantitative estimate of drug-likeness (QED) is 0.450. The van der Waals surface area contributed by atoms with Gasteiger partial charge in [0, 0.05) is 26.7 Å². The van der Waals surface area contributed by atoms with Gasteiger partial charge >= 0.3 is 0 Å². The number of piperidine rings is 1. The molecule has 2 rings (SSSR count). The van der Waals surface area contributed by atoms with Crippen LogP contribution < -0.4 is 10.6 Å². The molecule has 4 nitrogen and oxygen atoms in total. The molecule has 2 N–H and O–H groups in total. The van der Waals surface area contributed by atoms with Crippen LogP contribution >= 0.6 is 24.0 Å². The largest absolute Gasteiger partial charge is 0.356 e. The Hall–Kier alpha value is -0.0400. The highest BCUT2D eigenvalue weighted by Gasteiger charge is 2.21. The Bertz CT molecular complexity index is 266. The van der Waals surface area contributed by atoms with E-state index in [-0.39, 0.29) is 24.0 Å².